The second-order valence-electron chi connectivity index (χ2n) is 5.84. The molecule has 0 bridgehead atoms. The van der Waals surface area contributed by atoms with Gasteiger partial charge in [0, 0.05) is 5.56 Å². The number of carbonyl (C=O) groups is 1. The first-order chi connectivity index (χ1) is 13.1. The Morgan fingerprint density at radius 2 is 1.96 bits per heavy atom. The normalized spacial score (nSPS) is 11.8. The van der Waals surface area contributed by atoms with Crippen molar-refractivity contribution in [2.24, 2.45) is 0 Å². The molecule has 3 rings (SSSR count). The highest BCUT2D eigenvalue weighted by molar-refractivity contribution is 5.71. The van der Waals surface area contributed by atoms with Crippen LogP contribution in [0.2, 0.25) is 0 Å². The van der Waals surface area contributed by atoms with Gasteiger partial charge in [0.15, 0.2) is 17.5 Å². The van der Waals surface area contributed by atoms with Crippen LogP contribution in [-0.2, 0) is 11.4 Å². The van der Waals surface area contributed by atoms with Crippen LogP contribution in [0.4, 0.5) is 0 Å². The topological polar surface area (TPSA) is 99.4 Å². The van der Waals surface area contributed by atoms with Gasteiger partial charge in [0.1, 0.15) is 6.61 Å². The molecular formula is C19H20N4O4. The number of carboxylic acids is 1. The predicted octanol–water partition coefficient (Wildman–Crippen LogP) is 2.96. The summed E-state index contributed by atoms with van der Waals surface area (Å²) < 4.78 is 11.2. The van der Waals surface area contributed by atoms with E-state index in [0.29, 0.717) is 35.9 Å². The van der Waals surface area contributed by atoms with Gasteiger partial charge in [-0.05, 0) is 35.4 Å². The minimum atomic E-state index is -0.997. The van der Waals surface area contributed by atoms with Gasteiger partial charge in [0.25, 0.3) is 0 Å². The lowest BCUT2D eigenvalue weighted by Gasteiger charge is -2.11. The quantitative estimate of drug-likeness (QED) is 0.652. The second-order valence-corrected chi connectivity index (χ2v) is 5.84. The van der Waals surface area contributed by atoms with E-state index in [0.717, 1.165) is 10.4 Å². The Bertz CT molecular complexity index is 911. The van der Waals surface area contributed by atoms with Gasteiger partial charge in [-0.3, -0.25) is 0 Å². The molecule has 140 valence electrons. The van der Waals surface area contributed by atoms with Gasteiger partial charge in [0.2, 0.25) is 5.82 Å². The third-order valence-electron chi connectivity index (χ3n) is 4.04. The van der Waals surface area contributed by atoms with Crippen LogP contribution in [0.15, 0.2) is 48.5 Å². The number of aromatic nitrogens is 4. The van der Waals surface area contributed by atoms with Crippen LogP contribution in [0.25, 0.3) is 11.4 Å². The standard InChI is InChI=1S/C19H20N4O4/c1-3-15(19(24)25)23-21-18(20-22-23)14-9-10-16(17(11-14)26-2)27-12-13-7-5-4-6-8-13/h4-11,15H,3,12H2,1-2H3,(H,24,25)/t15-/m0/s1. The molecule has 8 nitrogen and oxygen atoms in total. The van der Waals surface area contributed by atoms with Crippen molar-refractivity contribution in [2.45, 2.75) is 26.0 Å². The zero-order valence-corrected chi connectivity index (χ0v) is 15.1. The van der Waals surface area contributed by atoms with Gasteiger partial charge in [-0.2, -0.15) is 0 Å². The van der Waals surface area contributed by atoms with Crippen LogP contribution in [0.3, 0.4) is 0 Å². The van der Waals surface area contributed by atoms with Gasteiger partial charge < -0.3 is 14.6 Å². The lowest BCUT2D eigenvalue weighted by Crippen LogP contribution is -2.20. The van der Waals surface area contributed by atoms with Crippen LogP contribution < -0.4 is 9.47 Å². The first-order valence-electron chi connectivity index (χ1n) is 8.49. The number of hydrogen-bond acceptors (Lipinski definition) is 6. The summed E-state index contributed by atoms with van der Waals surface area (Å²) in [7, 11) is 1.55. The van der Waals surface area contributed by atoms with E-state index < -0.39 is 12.0 Å². The summed E-state index contributed by atoms with van der Waals surface area (Å²) in [6, 6.07) is 14.3. The third kappa shape index (κ3) is 4.22. The third-order valence-corrected chi connectivity index (χ3v) is 4.04. The SMILES string of the molecule is CC[C@@H](C(=O)O)n1nnc(-c2ccc(OCc3ccccc3)c(OC)c2)n1. The monoisotopic (exact) mass is 368 g/mol. The molecule has 2 aromatic carbocycles. The fraction of sp³-hybridized carbons (Fsp3) is 0.263. The molecule has 0 aliphatic carbocycles. The van der Waals surface area contributed by atoms with Crippen molar-refractivity contribution in [3.8, 4) is 22.9 Å². The molecule has 1 heterocycles. The maximum absolute atomic E-state index is 11.2. The summed E-state index contributed by atoms with van der Waals surface area (Å²) in [5, 5.41) is 21.2. The van der Waals surface area contributed by atoms with E-state index in [9.17, 15) is 9.90 Å². The Morgan fingerprint density at radius 3 is 2.63 bits per heavy atom. The molecule has 1 atom stereocenters. The van der Waals surface area contributed by atoms with E-state index in [1.54, 1.807) is 32.2 Å². The van der Waals surface area contributed by atoms with Crippen LogP contribution >= 0.6 is 0 Å². The first-order valence-corrected chi connectivity index (χ1v) is 8.49. The highest BCUT2D eigenvalue weighted by Gasteiger charge is 2.21. The molecule has 0 spiro atoms. The van der Waals surface area contributed by atoms with Gasteiger partial charge in [0.05, 0.1) is 7.11 Å². The number of hydrogen-bond donors (Lipinski definition) is 1. The maximum Gasteiger partial charge on any atom is 0.330 e. The van der Waals surface area contributed by atoms with Gasteiger partial charge >= 0.3 is 5.97 Å². The molecule has 0 amide bonds. The number of benzene rings is 2. The largest absolute Gasteiger partial charge is 0.493 e. The van der Waals surface area contributed by atoms with E-state index >= 15 is 0 Å². The summed E-state index contributed by atoms with van der Waals surface area (Å²) in [6.07, 6.45) is 0.362. The van der Waals surface area contributed by atoms with Crippen LogP contribution in [0, 0.1) is 0 Å². The molecule has 27 heavy (non-hydrogen) atoms. The molecule has 0 aliphatic rings. The number of carboxylic acid groups (broad SMARTS) is 1. The van der Waals surface area contributed by atoms with Gasteiger partial charge in [-0.15, -0.1) is 15.0 Å². The van der Waals surface area contributed by atoms with Crippen molar-refractivity contribution in [2.75, 3.05) is 7.11 Å². The molecule has 0 radical (unpaired) electrons. The second kappa shape index (κ2) is 8.31. The molecule has 0 unspecified atom stereocenters. The molecular weight excluding hydrogens is 348 g/mol. The summed E-state index contributed by atoms with van der Waals surface area (Å²) in [5.41, 5.74) is 1.71. The van der Waals surface area contributed by atoms with E-state index in [4.69, 9.17) is 9.47 Å². The van der Waals surface area contributed by atoms with Crippen LogP contribution in [-0.4, -0.2) is 38.4 Å². The number of rotatable bonds is 8. The summed E-state index contributed by atoms with van der Waals surface area (Å²) in [4.78, 5) is 12.4. The average molecular weight is 368 g/mol. The van der Waals surface area contributed by atoms with E-state index in [2.05, 4.69) is 15.4 Å². The minimum Gasteiger partial charge on any atom is -0.493 e. The summed E-state index contributed by atoms with van der Waals surface area (Å²) >= 11 is 0. The van der Waals surface area contributed by atoms with E-state index in [1.165, 1.54) is 0 Å². The van der Waals surface area contributed by atoms with Gasteiger partial charge in [-0.1, -0.05) is 37.3 Å². The summed E-state index contributed by atoms with van der Waals surface area (Å²) in [5.74, 6) is 0.450. The Hall–Kier alpha value is -3.42. The molecule has 1 N–H and O–H groups in total. The Balaban J connectivity index is 1.80. The zero-order valence-electron chi connectivity index (χ0n) is 15.1. The average Bonchev–Trinajstić information content (AvgIpc) is 3.17. The Morgan fingerprint density at radius 1 is 1.19 bits per heavy atom. The zero-order chi connectivity index (χ0) is 19.2. The summed E-state index contributed by atoms with van der Waals surface area (Å²) in [6.45, 7) is 2.17. The highest BCUT2D eigenvalue weighted by Crippen LogP contribution is 2.32. The van der Waals surface area contributed by atoms with Crippen LogP contribution in [0.1, 0.15) is 24.9 Å². The Kier molecular flexibility index (Phi) is 5.65. The molecule has 0 fully saturated rings. The first kappa shape index (κ1) is 18.4. The lowest BCUT2D eigenvalue weighted by molar-refractivity contribution is -0.141. The molecule has 0 saturated carbocycles. The highest BCUT2D eigenvalue weighted by atomic mass is 16.5. The fourth-order valence-electron chi connectivity index (χ4n) is 2.57. The minimum absolute atomic E-state index is 0.322. The Labute approximate surface area is 156 Å². The van der Waals surface area contributed by atoms with Crippen LogP contribution in [0.5, 0.6) is 11.5 Å². The van der Waals surface area contributed by atoms with E-state index in [-0.39, 0.29) is 0 Å². The maximum atomic E-state index is 11.2. The fourth-order valence-corrected chi connectivity index (χ4v) is 2.57. The van der Waals surface area contributed by atoms with E-state index in [1.807, 2.05) is 30.3 Å². The smallest absolute Gasteiger partial charge is 0.330 e. The number of tetrazole rings is 1. The molecule has 0 saturated heterocycles. The number of aliphatic carboxylic acids is 1. The molecule has 8 heteroatoms. The molecule has 1 aromatic heterocycles. The number of methoxy groups -OCH3 is 1. The van der Waals surface area contributed by atoms with Crippen molar-refractivity contribution in [3.05, 3.63) is 54.1 Å². The predicted molar refractivity (Wildman–Crippen MR) is 97.5 cm³/mol. The molecule has 0 aliphatic heterocycles. The molecule has 3 aromatic rings. The van der Waals surface area contributed by atoms with Crippen molar-refractivity contribution in [1.29, 1.82) is 0 Å². The lowest BCUT2D eigenvalue weighted by atomic mass is 10.2. The number of nitrogens with zero attached hydrogens (tertiary/aromatic N) is 4. The van der Waals surface area contributed by atoms with Crippen molar-refractivity contribution in [3.63, 3.8) is 0 Å². The van der Waals surface area contributed by atoms with Crippen molar-refractivity contribution in [1.82, 2.24) is 20.2 Å². The van der Waals surface area contributed by atoms with Crippen molar-refractivity contribution >= 4 is 5.97 Å². The van der Waals surface area contributed by atoms with Gasteiger partial charge in [-0.25, -0.2) is 4.79 Å². The number of ether oxygens (including phenoxy) is 2. The van der Waals surface area contributed by atoms with Crippen molar-refractivity contribution < 1.29 is 19.4 Å².